The predicted molar refractivity (Wildman–Crippen MR) is 118 cm³/mol. The van der Waals surface area contributed by atoms with Crippen LogP contribution < -0.4 is 15.4 Å². The molecule has 3 N–H and O–H groups in total. The highest BCUT2D eigenvalue weighted by Crippen LogP contribution is 2.22. The molecule has 0 bridgehead atoms. The first kappa shape index (κ1) is 21.8. The molecule has 0 aliphatic carbocycles. The van der Waals surface area contributed by atoms with E-state index in [9.17, 15) is 13.2 Å². The summed E-state index contributed by atoms with van der Waals surface area (Å²) in [5.41, 5.74) is 2.77. The van der Waals surface area contributed by atoms with Gasteiger partial charge in [0.1, 0.15) is 0 Å². The van der Waals surface area contributed by atoms with Crippen molar-refractivity contribution < 1.29 is 13.2 Å². The van der Waals surface area contributed by atoms with E-state index in [0.29, 0.717) is 16.9 Å². The zero-order valence-electron chi connectivity index (χ0n) is 16.4. The number of carbonyl (C=O) groups is 1. The zero-order valence-corrected chi connectivity index (χ0v) is 18.0. The lowest BCUT2D eigenvalue weighted by Gasteiger charge is -2.19. The molecule has 0 saturated carbocycles. The quantitative estimate of drug-likeness (QED) is 0.641. The molecular formula is C20H25N3O3S2. The Morgan fingerprint density at radius 2 is 1.50 bits per heavy atom. The minimum Gasteiger partial charge on any atom is -0.332 e. The fourth-order valence-corrected chi connectivity index (χ4v) is 3.18. The van der Waals surface area contributed by atoms with Crippen LogP contribution in [0.4, 0.5) is 11.4 Å². The first-order valence-corrected chi connectivity index (χ1v) is 10.9. The molecule has 2 aromatic rings. The Hall–Kier alpha value is -2.45. The third-order valence-corrected chi connectivity index (χ3v) is 5.55. The maximum absolute atomic E-state index is 12.3. The summed E-state index contributed by atoms with van der Waals surface area (Å²) in [6, 6.07) is 14.0. The molecule has 6 nitrogen and oxygen atoms in total. The molecule has 0 heterocycles. The number of rotatable bonds is 5. The Labute approximate surface area is 171 Å². The molecule has 0 aliphatic rings. The van der Waals surface area contributed by atoms with Crippen molar-refractivity contribution in [3.05, 3.63) is 59.7 Å². The maximum Gasteiger partial charge on any atom is 0.257 e. The van der Waals surface area contributed by atoms with Gasteiger partial charge in [-0.2, -0.15) is 0 Å². The third kappa shape index (κ3) is 6.31. The SMILES string of the molecule is CCS(=O)(=O)Nc1ccc(NC(=S)NC(=O)c2ccc(C(C)(C)C)cc2)cc1. The Balaban J connectivity index is 1.95. The largest absolute Gasteiger partial charge is 0.332 e. The first-order valence-electron chi connectivity index (χ1n) is 8.83. The Morgan fingerprint density at radius 3 is 2.00 bits per heavy atom. The minimum atomic E-state index is -3.32. The van der Waals surface area contributed by atoms with Gasteiger partial charge < -0.3 is 5.32 Å². The monoisotopic (exact) mass is 419 g/mol. The molecule has 8 heteroatoms. The van der Waals surface area contributed by atoms with Crippen LogP contribution >= 0.6 is 12.2 Å². The number of carbonyl (C=O) groups excluding carboxylic acids is 1. The van der Waals surface area contributed by atoms with Crippen LogP contribution in [-0.4, -0.2) is 25.2 Å². The molecule has 0 spiro atoms. The summed E-state index contributed by atoms with van der Waals surface area (Å²) in [7, 11) is -3.32. The summed E-state index contributed by atoms with van der Waals surface area (Å²) in [6.45, 7) is 7.90. The van der Waals surface area contributed by atoms with Crippen LogP contribution in [0.25, 0.3) is 0 Å². The number of amides is 1. The van der Waals surface area contributed by atoms with Gasteiger partial charge in [-0.25, -0.2) is 8.42 Å². The third-order valence-electron chi connectivity index (χ3n) is 4.04. The van der Waals surface area contributed by atoms with Gasteiger partial charge in [-0.05, 0) is 66.5 Å². The molecule has 0 fully saturated rings. The molecule has 0 unspecified atom stereocenters. The van der Waals surface area contributed by atoms with E-state index in [1.807, 2.05) is 12.1 Å². The number of benzene rings is 2. The predicted octanol–water partition coefficient (Wildman–Crippen LogP) is 3.87. The molecule has 0 atom stereocenters. The summed E-state index contributed by atoms with van der Waals surface area (Å²) in [6.07, 6.45) is 0. The van der Waals surface area contributed by atoms with E-state index in [1.54, 1.807) is 43.3 Å². The van der Waals surface area contributed by atoms with Gasteiger partial charge in [0.05, 0.1) is 5.75 Å². The van der Waals surface area contributed by atoms with E-state index in [1.165, 1.54) is 0 Å². The van der Waals surface area contributed by atoms with Crippen molar-refractivity contribution in [2.24, 2.45) is 0 Å². The maximum atomic E-state index is 12.3. The van der Waals surface area contributed by atoms with Gasteiger partial charge >= 0.3 is 0 Å². The Morgan fingerprint density at radius 1 is 0.964 bits per heavy atom. The molecule has 150 valence electrons. The lowest BCUT2D eigenvalue weighted by molar-refractivity contribution is 0.0977. The highest BCUT2D eigenvalue weighted by Gasteiger charge is 2.15. The number of hydrogen-bond donors (Lipinski definition) is 3. The van der Waals surface area contributed by atoms with Crippen molar-refractivity contribution in [1.82, 2.24) is 5.32 Å². The molecule has 0 aliphatic heterocycles. The highest BCUT2D eigenvalue weighted by molar-refractivity contribution is 7.92. The minimum absolute atomic E-state index is 0.000148. The average Bonchev–Trinajstić information content (AvgIpc) is 2.62. The van der Waals surface area contributed by atoms with Gasteiger partial charge in [0.15, 0.2) is 5.11 Å². The van der Waals surface area contributed by atoms with Crippen LogP contribution in [0.1, 0.15) is 43.6 Å². The van der Waals surface area contributed by atoms with Gasteiger partial charge in [-0.15, -0.1) is 0 Å². The fraction of sp³-hybridized carbons (Fsp3) is 0.300. The average molecular weight is 420 g/mol. The second kappa shape index (κ2) is 8.70. The normalized spacial score (nSPS) is 11.6. The van der Waals surface area contributed by atoms with Crippen LogP contribution in [0.2, 0.25) is 0 Å². The van der Waals surface area contributed by atoms with E-state index in [0.717, 1.165) is 5.56 Å². The van der Waals surface area contributed by atoms with Gasteiger partial charge in [-0.1, -0.05) is 32.9 Å². The van der Waals surface area contributed by atoms with Crippen molar-refractivity contribution >= 4 is 44.6 Å². The number of hydrogen-bond acceptors (Lipinski definition) is 4. The van der Waals surface area contributed by atoms with Crippen LogP contribution in [0.3, 0.4) is 0 Å². The molecule has 28 heavy (non-hydrogen) atoms. The Kier molecular flexibility index (Phi) is 6.79. The number of sulfonamides is 1. The number of nitrogens with one attached hydrogen (secondary N) is 3. The van der Waals surface area contributed by atoms with E-state index in [2.05, 4.69) is 36.1 Å². The molecule has 2 rings (SSSR count). The fourth-order valence-electron chi connectivity index (χ4n) is 2.33. The lowest BCUT2D eigenvalue weighted by atomic mass is 9.87. The van der Waals surface area contributed by atoms with Crippen molar-refractivity contribution in [2.75, 3.05) is 15.8 Å². The number of thiocarbonyl (C=S) groups is 1. The van der Waals surface area contributed by atoms with Gasteiger partial charge in [0, 0.05) is 16.9 Å². The van der Waals surface area contributed by atoms with E-state index >= 15 is 0 Å². The van der Waals surface area contributed by atoms with Gasteiger partial charge in [0.25, 0.3) is 5.91 Å². The van der Waals surface area contributed by atoms with Crippen molar-refractivity contribution in [3.8, 4) is 0 Å². The van der Waals surface area contributed by atoms with Crippen molar-refractivity contribution in [1.29, 1.82) is 0 Å². The second-order valence-electron chi connectivity index (χ2n) is 7.32. The van der Waals surface area contributed by atoms with Crippen LogP contribution in [0.15, 0.2) is 48.5 Å². The summed E-state index contributed by atoms with van der Waals surface area (Å²) in [5.74, 6) is -0.301. The topological polar surface area (TPSA) is 87.3 Å². The molecule has 0 saturated heterocycles. The summed E-state index contributed by atoms with van der Waals surface area (Å²) in [4.78, 5) is 12.3. The first-order chi connectivity index (χ1) is 13.0. The zero-order chi connectivity index (χ0) is 20.9. The number of anilines is 2. The second-order valence-corrected chi connectivity index (χ2v) is 9.74. The molecule has 0 aromatic heterocycles. The summed E-state index contributed by atoms with van der Waals surface area (Å²) in [5, 5.41) is 5.70. The van der Waals surface area contributed by atoms with Crippen molar-refractivity contribution in [2.45, 2.75) is 33.1 Å². The van der Waals surface area contributed by atoms with Crippen LogP contribution in [0.5, 0.6) is 0 Å². The van der Waals surface area contributed by atoms with Crippen molar-refractivity contribution in [3.63, 3.8) is 0 Å². The highest BCUT2D eigenvalue weighted by atomic mass is 32.2. The lowest BCUT2D eigenvalue weighted by Crippen LogP contribution is -2.34. The summed E-state index contributed by atoms with van der Waals surface area (Å²) >= 11 is 5.18. The van der Waals surface area contributed by atoms with E-state index in [4.69, 9.17) is 12.2 Å². The molecule has 1 amide bonds. The molecule has 0 radical (unpaired) electrons. The molecular weight excluding hydrogens is 394 g/mol. The molecule has 2 aromatic carbocycles. The van der Waals surface area contributed by atoms with Gasteiger partial charge in [0.2, 0.25) is 10.0 Å². The van der Waals surface area contributed by atoms with E-state index < -0.39 is 10.0 Å². The van der Waals surface area contributed by atoms with E-state index in [-0.39, 0.29) is 22.2 Å². The Bertz CT molecular complexity index is 946. The van der Waals surface area contributed by atoms with Crippen LogP contribution in [-0.2, 0) is 15.4 Å². The summed E-state index contributed by atoms with van der Waals surface area (Å²) < 4.78 is 25.6. The van der Waals surface area contributed by atoms with Gasteiger partial charge in [-0.3, -0.25) is 14.8 Å². The van der Waals surface area contributed by atoms with Crippen LogP contribution in [0, 0.1) is 0 Å². The smallest absolute Gasteiger partial charge is 0.257 e. The standard InChI is InChI=1S/C20H25N3O3S2/c1-5-28(25,26)23-17-12-10-16(11-13-17)21-19(27)22-18(24)14-6-8-15(9-7-14)20(2,3)4/h6-13,23H,5H2,1-4H3,(H2,21,22,24,27).